The third-order valence-corrected chi connectivity index (χ3v) is 3.32. The lowest BCUT2D eigenvalue weighted by molar-refractivity contribution is 1.34. The van der Waals surface area contributed by atoms with Crippen molar-refractivity contribution in [3.63, 3.8) is 0 Å². The molecule has 0 heterocycles. The number of aryl methyl sites for hydroxylation is 1. The minimum atomic E-state index is 0.946. The Labute approximate surface area is 109 Å². The first-order valence-corrected chi connectivity index (χ1v) is 6.84. The Balaban J connectivity index is 2.34. The maximum Gasteiger partial charge on any atom is 0.0164 e. The quantitative estimate of drug-likeness (QED) is 0.378. The molecule has 0 saturated heterocycles. The fraction of sp³-hybridized carbons (Fsp3) is 0.250. The molecule has 1 aromatic rings. The lowest BCUT2D eigenvalue weighted by Gasteiger charge is -1.98. The highest BCUT2D eigenvalue weighted by Gasteiger charge is 1.90. The number of hydrogen-bond acceptors (Lipinski definition) is 1. The van der Waals surface area contributed by atoms with Gasteiger partial charge in [0.05, 0.1) is 0 Å². The average Bonchev–Trinajstić information content (AvgIpc) is 2.34. The fourth-order valence-electron chi connectivity index (χ4n) is 1.35. The predicted octanol–water partition coefficient (Wildman–Crippen LogP) is 5.17. The molecule has 1 aromatic carbocycles. The summed E-state index contributed by atoms with van der Waals surface area (Å²) in [6.45, 7) is 7.94. The molecule has 1 heteroatoms. The van der Waals surface area contributed by atoms with Crippen molar-refractivity contribution in [1.82, 2.24) is 0 Å². The topological polar surface area (TPSA) is 0 Å². The molecule has 17 heavy (non-hydrogen) atoms. The van der Waals surface area contributed by atoms with Gasteiger partial charge in [-0.1, -0.05) is 47.6 Å². The molecule has 0 unspecified atom stereocenters. The van der Waals surface area contributed by atoms with Gasteiger partial charge in [0.1, 0.15) is 0 Å². The second-order valence-corrected chi connectivity index (χ2v) is 5.09. The Morgan fingerprint density at radius 3 is 2.65 bits per heavy atom. The molecule has 0 fully saturated rings. The fourth-order valence-corrected chi connectivity index (χ4v) is 2.06. The molecule has 0 atom stereocenters. The number of hydrogen-bond donors (Lipinski definition) is 0. The highest BCUT2D eigenvalue weighted by atomic mass is 32.2. The summed E-state index contributed by atoms with van der Waals surface area (Å²) in [4.78, 5) is 1.33. The molecule has 0 aromatic heterocycles. The molecule has 1 rings (SSSR count). The van der Waals surface area contributed by atoms with Crippen molar-refractivity contribution in [2.24, 2.45) is 0 Å². The van der Waals surface area contributed by atoms with Crippen LogP contribution >= 0.6 is 11.8 Å². The number of rotatable bonds is 6. The van der Waals surface area contributed by atoms with Gasteiger partial charge in [0, 0.05) is 10.6 Å². The molecule has 0 aliphatic carbocycles. The van der Waals surface area contributed by atoms with Gasteiger partial charge in [-0.15, -0.1) is 18.3 Å². The standard InChI is InChI=1S/C16H20S/c1-4-5-7-14(2)8-6-13-17-16-11-9-15(3)10-12-16/h4,6-12H,1,5,13H2,2-3H3/b8-6-,14-7-. The van der Waals surface area contributed by atoms with Gasteiger partial charge in [0.15, 0.2) is 0 Å². The first-order chi connectivity index (χ1) is 8.22. The molecule has 0 saturated carbocycles. The summed E-state index contributed by atoms with van der Waals surface area (Å²) in [6, 6.07) is 8.66. The Kier molecular flexibility index (Phi) is 6.49. The lowest BCUT2D eigenvalue weighted by atomic mass is 10.2. The van der Waals surface area contributed by atoms with Gasteiger partial charge in [-0.05, 0) is 32.4 Å². The Hall–Kier alpha value is -1.21. The van der Waals surface area contributed by atoms with Gasteiger partial charge < -0.3 is 0 Å². The molecule has 0 nitrogen and oxygen atoms in total. The Morgan fingerprint density at radius 2 is 2.00 bits per heavy atom. The second kappa shape index (κ2) is 7.97. The summed E-state index contributed by atoms with van der Waals surface area (Å²) in [7, 11) is 0. The van der Waals surface area contributed by atoms with E-state index in [0.29, 0.717) is 0 Å². The van der Waals surface area contributed by atoms with Gasteiger partial charge in [0.25, 0.3) is 0 Å². The van der Waals surface area contributed by atoms with E-state index in [-0.39, 0.29) is 0 Å². The summed E-state index contributed by atoms with van der Waals surface area (Å²) in [5.74, 6) is 1.02. The predicted molar refractivity (Wildman–Crippen MR) is 79.6 cm³/mol. The molecule has 90 valence electrons. The largest absolute Gasteiger partial charge is 0.122 e. The zero-order valence-corrected chi connectivity index (χ0v) is 11.5. The van der Waals surface area contributed by atoms with Gasteiger partial charge in [0.2, 0.25) is 0 Å². The minimum Gasteiger partial charge on any atom is -0.122 e. The van der Waals surface area contributed by atoms with Crippen LogP contribution in [0, 0.1) is 6.92 Å². The van der Waals surface area contributed by atoms with Gasteiger partial charge in [-0.3, -0.25) is 0 Å². The summed E-state index contributed by atoms with van der Waals surface area (Å²) in [5.41, 5.74) is 2.61. The Morgan fingerprint density at radius 1 is 1.29 bits per heavy atom. The van der Waals surface area contributed by atoms with E-state index in [2.05, 4.69) is 62.9 Å². The van der Waals surface area contributed by atoms with Crippen molar-refractivity contribution >= 4 is 11.8 Å². The average molecular weight is 244 g/mol. The number of thioether (sulfide) groups is 1. The van der Waals surface area contributed by atoms with Gasteiger partial charge in [-0.25, -0.2) is 0 Å². The zero-order chi connectivity index (χ0) is 12.5. The summed E-state index contributed by atoms with van der Waals surface area (Å²) >= 11 is 1.86. The summed E-state index contributed by atoms with van der Waals surface area (Å²) in [6.07, 6.45) is 9.42. The number of benzene rings is 1. The van der Waals surface area contributed by atoms with E-state index in [9.17, 15) is 0 Å². The van der Waals surface area contributed by atoms with Crippen molar-refractivity contribution in [3.8, 4) is 0 Å². The third-order valence-electron chi connectivity index (χ3n) is 2.35. The maximum absolute atomic E-state index is 3.70. The van der Waals surface area contributed by atoms with E-state index in [1.165, 1.54) is 16.0 Å². The monoisotopic (exact) mass is 244 g/mol. The second-order valence-electron chi connectivity index (χ2n) is 4.00. The smallest absolute Gasteiger partial charge is 0.0164 e. The van der Waals surface area contributed by atoms with Crippen LogP contribution in [0.4, 0.5) is 0 Å². The zero-order valence-electron chi connectivity index (χ0n) is 10.6. The van der Waals surface area contributed by atoms with E-state index < -0.39 is 0 Å². The van der Waals surface area contributed by atoms with Crippen LogP contribution in [0.3, 0.4) is 0 Å². The molecule has 0 spiro atoms. The van der Waals surface area contributed by atoms with E-state index in [1.807, 2.05) is 17.8 Å². The minimum absolute atomic E-state index is 0.946. The van der Waals surface area contributed by atoms with Crippen molar-refractivity contribution < 1.29 is 0 Å². The summed E-state index contributed by atoms with van der Waals surface area (Å²) in [5, 5.41) is 0. The van der Waals surface area contributed by atoms with Crippen LogP contribution in [-0.2, 0) is 0 Å². The first kappa shape index (κ1) is 13.9. The normalized spacial score (nSPS) is 12.0. The van der Waals surface area contributed by atoms with Crippen LogP contribution in [0.25, 0.3) is 0 Å². The van der Waals surface area contributed by atoms with E-state index >= 15 is 0 Å². The Bertz CT molecular complexity index is 396. The number of allylic oxidation sites excluding steroid dienone is 4. The first-order valence-electron chi connectivity index (χ1n) is 5.86. The third kappa shape index (κ3) is 6.18. The van der Waals surface area contributed by atoms with Crippen molar-refractivity contribution in [2.75, 3.05) is 5.75 Å². The van der Waals surface area contributed by atoms with Crippen molar-refractivity contribution in [2.45, 2.75) is 25.2 Å². The van der Waals surface area contributed by atoms with Crippen molar-refractivity contribution in [3.05, 3.63) is 66.3 Å². The highest BCUT2D eigenvalue weighted by molar-refractivity contribution is 7.99. The molecular weight excluding hydrogens is 224 g/mol. The van der Waals surface area contributed by atoms with E-state index in [0.717, 1.165) is 12.2 Å². The maximum atomic E-state index is 3.70. The highest BCUT2D eigenvalue weighted by Crippen LogP contribution is 2.18. The van der Waals surface area contributed by atoms with Crippen LogP contribution < -0.4 is 0 Å². The van der Waals surface area contributed by atoms with Crippen LogP contribution in [0.2, 0.25) is 0 Å². The molecule has 0 bridgehead atoms. The van der Waals surface area contributed by atoms with Crippen molar-refractivity contribution in [1.29, 1.82) is 0 Å². The lowest BCUT2D eigenvalue weighted by Crippen LogP contribution is -1.76. The van der Waals surface area contributed by atoms with Crippen LogP contribution in [0.15, 0.2) is 65.6 Å². The molecule has 0 amide bonds. The molecule has 0 aliphatic heterocycles. The molecule has 0 radical (unpaired) electrons. The van der Waals surface area contributed by atoms with E-state index in [1.54, 1.807) is 0 Å². The molecule has 0 aliphatic rings. The van der Waals surface area contributed by atoms with Gasteiger partial charge >= 0.3 is 0 Å². The van der Waals surface area contributed by atoms with Gasteiger partial charge in [-0.2, -0.15) is 0 Å². The van der Waals surface area contributed by atoms with Crippen LogP contribution in [-0.4, -0.2) is 5.75 Å². The van der Waals surface area contributed by atoms with E-state index in [4.69, 9.17) is 0 Å². The SMILES string of the molecule is C=CC/C=C(C)\C=C/CSc1ccc(C)cc1. The molecule has 0 N–H and O–H groups in total. The molecular formula is C16H20S. The van der Waals surface area contributed by atoms with Crippen LogP contribution in [0.5, 0.6) is 0 Å². The summed E-state index contributed by atoms with van der Waals surface area (Å²) < 4.78 is 0. The van der Waals surface area contributed by atoms with Crippen LogP contribution in [0.1, 0.15) is 18.9 Å².